The second kappa shape index (κ2) is 7.43. The van der Waals surface area contributed by atoms with Gasteiger partial charge in [0, 0.05) is 32.2 Å². The molecule has 1 saturated heterocycles. The number of sulfonamides is 1. The number of carbonyl (C=O) groups is 1. The third-order valence-corrected chi connectivity index (χ3v) is 6.45. The van der Waals surface area contributed by atoms with E-state index in [1.165, 1.54) is 19.8 Å². The van der Waals surface area contributed by atoms with Gasteiger partial charge in [-0.1, -0.05) is 6.92 Å². The Hall–Kier alpha value is -1.44. The van der Waals surface area contributed by atoms with E-state index in [1.54, 1.807) is 23.1 Å². The molecule has 1 fully saturated rings. The number of carbonyl (C=O) groups excluding carboxylic acids is 1. The zero-order chi connectivity index (χ0) is 18.0. The van der Waals surface area contributed by atoms with Crippen molar-refractivity contribution in [3.8, 4) is 0 Å². The first-order valence-corrected chi connectivity index (χ1v) is 10.5. The summed E-state index contributed by atoms with van der Waals surface area (Å²) in [5.74, 6) is 0.263. The molecule has 1 N–H and O–H groups in total. The Morgan fingerprint density at radius 1 is 1.24 bits per heavy atom. The van der Waals surface area contributed by atoms with Crippen molar-refractivity contribution in [2.45, 2.75) is 38.0 Å². The molecule has 1 amide bonds. The lowest BCUT2D eigenvalue weighted by atomic mass is 10.2. The first-order chi connectivity index (χ1) is 11.9. The summed E-state index contributed by atoms with van der Waals surface area (Å²) < 4.78 is 27.9. The van der Waals surface area contributed by atoms with Crippen LogP contribution < -0.4 is 9.62 Å². The van der Waals surface area contributed by atoms with Gasteiger partial charge in [-0.3, -0.25) is 4.79 Å². The molecule has 138 valence electrons. The van der Waals surface area contributed by atoms with Gasteiger partial charge >= 0.3 is 0 Å². The molecule has 6 nitrogen and oxygen atoms in total. The van der Waals surface area contributed by atoms with Crippen molar-refractivity contribution in [3.63, 3.8) is 0 Å². The van der Waals surface area contributed by atoms with Crippen molar-refractivity contribution in [1.29, 1.82) is 0 Å². The first-order valence-electron chi connectivity index (χ1n) is 9.00. The van der Waals surface area contributed by atoms with Gasteiger partial charge in [-0.2, -0.15) is 0 Å². The highest BCUT2D eigenvalue weighted by molar-refractivity contribution is 7.89. The highest BCUT2D eigenvalue weighted by atomic mass is 32.2. The van der Waals surface area contributed by atoms with Crippen LogP contribution in [0.1, 0.15) is 32.3 Å². The molecule has 1 aromatic carbocycles. The maximum Gasteiger partial charge on any atom is 0.240 e. The smallest absolute Gasteiger partial charge is 0.240 e. The largest absolute Gasteiger partial charge is 0.312 e. The van der Waals surface area contributed by atoms with Gasteiger partial charge in [-0.05, 0) is 62.0 Å². The summed E-state index contributed by atoms with van der Waals surface area (Å²) in [5, 5.41) is 0. The standard InChI is InChI=1S/C18H27N3O3S/c1-14(13-20-8-3-4-9-20)12-19-25(23,24)17-5-6-18-16(11-17)7-10-21(18)15(2)22/h5-6,11,14,19H,3-4,7-10,12-13H2,1-2H3. The molecule has 7 heteroatoms. The second-order valence-electron chi connectivity index (χ2n) is 7.18. The molecule has 0 saturated carbocycles. The number of fused-ring (bicyclic) bond motifs is 1. The van der Waals surface area contributed by atoms with Crippen molar-refractivity contribution in [2.24, 2.45) is 5.92 Å². The molecule has 0 radical (unpaired) electrons. The van der Waals surface area contributed by atoms with Gasteiger partial charge in [-0.25, -0.2) is 13.1 Å². The van der Waals surface area contributed by atoms with Crippen molar-refractivity contribution >= 4 is 21.6 Å². The molecule has 1 aromatic rings. The summed E-state index contributed by atoms with van der Waals surface area (Å²) in [7, 11) is -3.52. The van der Waals surface area contributed by atoms with Gasteiger partial charge in [0.25, 0.3) is 0 Å². The van der Waals surface area contributed by atoms with Gasteiger partial charge in [0.2, 0.25) is 15.9 Å². The topological polar surface area (TPSA) is 69.7 Å². The number of amides is 1. The summed E-state index contributed by atoms with van der Waals surface area (Å²) in [6.45, 7) is 7.84. The lowest BCUT2D eigenvalue weighted by Crippen LogP contribution is -2.34. The molecule has 0 aliphatic carbocycles. The highest BCUT2D eigenvalue weighted by Gasteiger charge is 2.25. The SMILES string of the molecule is CC(=O)N1CCc2cc(S(=O)(=O)NCC(C)CN3CCCC3)ccc21. The van der Waals surface area contributed by atoms with Gasteiger partial charge in [0.15, 0.2) is 0 Å². The molecule has 1 atom stereocenters. The van der Waals surface area contributed by atoms with Crippen LogP contribution in [0.25, 0.3) is 0 Å². The van der Waals surface area contributed by atoms with E-state index in [-0.39, 0.29) is 16.7 Å². The predicted octanol–water partition coefficient (Wildman–Crippen LogP) is 1.61. The molecule has 25 heavy (non-hydrogen) atoms. The lowest BCUT2D eigenvalue weighted by Gasteiger charge is -2.20. The Morgan fingerprint density at radius 2 is 1.96 bits per heavy atom. The molecule has 0 bridgehead atoms. The minimum atomic E-state index is -3.52. The number of benzene rings is 1. The highest BCUT2D eigenvalue weighted by Crippen LogP contribution is 2.30. The van der Waals surface area contributed by atoms with Gasteiger partial charge in [-0.15, -0.1) is 0 Å². The van der Waals surface area contributed by atoms with Crippen LogP contribution in [0.3, 0.4) is 0 Å². The Bertz CT molecular complexity index is 742. The summed E-state index contributed by atoms with van der Waals surface area (Å²) in [5.41, 5.74) is 1.75. The van der Waals surface area contributed by atoms with Crippen molar-refractivity contribution < 1.29 is 13.2 Å². The number of hydrogen-bond donors (Lipinski definition) is 1. The van der Waals surface area contributed by atoms with Crippen LogP contribution in [0.4, 0.5) is 5.69 Å². The maximum absolute atomic E-state index is 12.6. The normalized spacial score (nSPS) is 19.2. The van der Waals surface area contributed by atoms with Crippen LogP contribution >= 0.6 is 0 Å². The maximum atomic E-state index is 12.6. The van der Waals surface area contributed by atoms with E-state index in [4.69, 9.17) is 0 Å². The monoisotopic (exact) mass is 365 g/mol. The van der Waals surface area contributed by atoms with E-state index >= 15 is 0 Å². The quantitative estimate of drug-likeness (QED) is 0.831. The molecular weight excluding hydrogens is 338 g/mol. The van der Waals surface area contributed by atoms with Gasteiger partial charge in [0.1, 0.15) is 0 Å². The van der Waals surface area contributed by atoms with Crippen LogP contribution in [-0.2, 0) is 21.2 Å². The van der Waals surface area contributed by atoms with E-state index in [0.29, 0.717) is 19.5 Å². The van der Waals surface area contributed by atoms with Crippen molar-refractivity contribution in [3.05, 3.63) is 23.8 Å². The predicted molar refractivity (Wildman–Crippen MR) is 98.2 cm³/mol. The van der Waals surface area contributed by atoms with Crippen LogP contribution in [0.2, 0.25) is 0 Å². The fourth-order valence-corrected chi connectivity index (χ4v) is 4.89. The molecule has 2 aliphatic rings. The molecule has 0 spiro atoms. The number of rotatable bonds is 6. The molecule has 2 aliphatic heterocycles. The molecular formula is C18H27N3O3S. The zero-order valence-corrected chi connectivity index (χ0v) is 15.8. The zero-order valence-electron chi connectivity index (χ0n) is 15.0. The summed E-state index contributed by atoms with van der Waals surface area (Å²) in [4.78, 5) is 16.0. The Labute approximate surface area is 150 Å². The Balaban J connectivity index is 1.63. The molecule has 1 unspecified atom stereocenters. The minimum absolute atomic E-state index is 0.0109. The molecule has 3 rings (SSSR count). The third-order valence-electron chi connectivity index (χ3n) is 5.03. The lowest BCUT2D eigenvalue weighted by molar-refractivity contribution is -0.116. The fraction of sp³-hybridized carbons (Fsp3) is 0.611. The summed E-state index contributed by atoms with van der Waals surface area (Å²) in [6.07, 6.45) is 3.18. The Morgan fingerprint density at radius 3 is 2.64 bits per heavy atom. The minimum Gasteiger partial charge on any atom is -0.312 e. The summed E-state index contributed by atoms with van der Waals surface area (Å²) >= 11 is 0. The second-order valence-corrected chi connectivity index (χ2v) is 8.94. The first kappa shape index (κ1) is 18.4. The number of nitrogens with one attached hydrogen (secondary N) is 1. The average molecular weight is 365 g/mol. The van der Waals surface area contributed by atoms with E-state index < -0.39 is 10.0 Å². The number of anilines is 1. The van der Waals surface area contributed by atoms with E-state index in [9.17, 15) is 13.2 Å². The fourth-order valence-electron chi connectivity index (χ4n) is 3.68. The van der Waals surface area contributed by atoms with E-state index in [0.717, 1.165) is 30.9 Å². The molecule has 2 heterocycles. The van der Waals surface area contributed by atoms with Crippen molar-refractivity contribution in [1.82, 2.24) is 9.62 Å². The van der Waals surface area contributed by atoms with Gasteiger partial charge in [0.05, 0.1) is 4.90 Å². The van der Waals surface area contributed by atoms with Crippen LogP contribution in [0, 0.1) is 5.92 Å². The van der Waals surface area contributed by atoms with Crippen LogP contribution in [0.15, 0.2) is 23.1 Å². The van der Waals surface area contributed by atoms with E-state index in [2.05, 4.69) is 16.5 Å². The number of likely N-dealkylation sites (tertiary alicyclic amines) is 1. The number of nitrogens with zero attached hydrogens (tertiary/aromatic N) is 2. The summed E-state index contributed by atoms with van der Waals surface area (Å²) in [6, 6.07) is 5.03. The van der Waals surface area contributed by atoms with E-state index in [1.807, 2.05) is 0 Å². The van der Waals surface area contributed by atoms with Crippen molar-refractivity contribution in [2.75, 3.05) is 37.6 Å². The van der Waals surface area contributed by atoms with Gasteiger partial charge < -0.3 is 9.80 Å². The van der Waals surface area contributed by atoms with Crippen LogP contribution in [-0.4, -0.2) is 51.9 Å². The third kappa shape index (κ3) is 4.22. The van der Waals surface area contributed by atoms with Crippen LogP contribution in [0.5, 0.6) is 0 Å². The number of hydrogen-bond acceptors (Lipinski definition) is 4. The Kier molecular flexibility index (Phi) is 5.46. The average Bonchev–Trinajstić information content (AvgIpc) is 3.21. The molecule has 0 aromatic heterocycles.